The Kier molecular flexibility index (Phi) is 5.67. The molecule has 0 unspecified atom stereocenters. The molecule has 2 aliphatic rings. The van der Waals surface area contributed by atoms with Crippen LogP contribution in [0.3, 0.4) is 0 Å². The van der Waals surface area contributed by atoms with Gasteiger partial charge in [0, 0.05) is 6.42 Å². The average molecular weight is 387 g/mol. The van der Waals surface area contributed by atoms with Gasteiger partial charge in [0.1, 0.15) is 18.4 Å². The molecule has 1 fully saturated rings. The highest BCUT2D eigenvalue weighted by Gasteiger charge is 2.46. The quantitative estimate of drug-likeness (QED) is 0.722. The van der Waals surface area contributed by atoms with E-state index in [1.807, 2.05) is 45.0 Å². The number of carbonyl (C=O) groups excluding carboxylic acids is 3. The fourth-order valence-corrected chi connectivity index (χ4v) is 3.49. The zero-order valence-corrected chi connectivity index (χ0v) is 16.5. The smallest absolute Gasteiger partial charge is 0.417 e. The van der Waals surface area contributed by atoms with Crippen LogP contribution in [0.4, 0.5) is 10.5 Å². The van der Waals surface area contributed by atoms with Crippen molar-refractivity contribution in [2.24, 2.45) is 11.0 Å². The van der Waals surface area contributed by atoms with Crippen molar-refractivity contribution in [1.82, 2.24) is 4.90 Å². The van der Waals surface area contributed by atoms with Gasteiger partial charge in [0.25, 0.3) is 5.91 Å². The lowest BCUT2D eigenvalue weighted by Crippen LogP contribution is -2.49. The molecule has 1 saturated heterocycles. The standard InChI is InChI=1S/C20H25N3O5/c1-12(2)9-15-11-28-20(26)22(15)18(24)17-10-16(19(25)27-4)21-23(17)14-7-5-13(3)6-8-14/h5-8,12,15,17H,9-11H2,1-4H3/t15-,17-/m0/s1. The summed E-state index contributed by atoms with van der Waals surface area (Å²) in [6.07, 6.45) is 0.0721. The van der Waals surface area contributed by atoms with E-state index in [9.17, 15) is 14.4 Å². The molecule has 2 heterocycles. The summed E-state index contributed by atoms with van der Waals surface area (Å²) < 4.78 is 9.90. The minimum atomic E-state index is -0.808. The third-order valence-corrected chi connectivity index (χ3v) is 4.86. The van der Waals surface area contributed by atoms with Crippen molar-refractivity contribution in [1.29, 1.82) is 0 Å². The Bertz CT molecular complexity index is 803. The van der Waals surface area contributed by atoms with Gasteiger partial charge in [0.15, 0.2) is 0 Å². The topological polar surface area (TPSA) is 88.5 Å². The number of amides is 2. The van der Waals surface area contributed by atoms with Crippen molar-refractivity contribution in [3.8, 4) is 0 Å². The molecular formula is C20H25N3O5. The first-order valence-corrected chi connectivity index (χ1v) is 9.33. The Labute approximate surface area is 164 Å². The number of benzene rings is 1. The number of esters is 1. The van der Waals surface area contributed by atoms with Crippen LogP contribution in [0.2, 0.25) is 0 Å². The van der Waals surface area contributed by atoms with Crippen molar-refractivity contribution in [2.45, 2.75) is 45.7 Å². The van der Waals surface area contributed by atoms with Gasteiger partial charge in [-0.1, -0.05) is 31.5 Å². The zero-order chi connectivity index (χ0) is 20.4. The third kappa shape index (κ3) is 3.85. The number of methoxy groups -OCH3 is 1. The van der Waals surface area contributed by atoms with Gasteiger partial charge in [-0.15, -0.1) is 0 Å². The third-order valence-electron chi connectivity index (χ3n) is 4.86. The number of cyclic esters (lactones) is 1. The Balaban J connectivity index is 1.91. The number of nitrogens with zero attached hydrogens (tertiary/aromatic N) is 3. The van der Waals surface area contributed by atoms with Crippen LogP contribution >= 0.6 is 0 Å². The fraction of sp³-hybridized carbons (Fsp3) is 0.500. The van der Waals surface area contributed by atoms with Crippen molar-refractivity contribution in [2.75, 3.05) is 18.7 Å². The zero-order valence-electron chi connectivity index (χ0n) is 16.5. The van der Waals surface area contributed by atoms with E-state index in [1.54, 1.807) is 0 Å². The summed E-state index contributed by atoms with van der Waals surface area (Å²) in [5.74, 6) is -0.708. The number of hydrazone groups is 1. The number of imide groups is 1. The second kappa shape index (κ2) is 8.00. The summed E-state index contributed by atoms with van der Waals surface area (Å²) in [4.78, 5) is 38.8. The Morgan fingerprint density at radius 2 is 1.96 bits per heavy atom. The predicted octanol–water partition coefficient (Wildman–Crippen LogP) is 2.50. The van der Waals surface area contributed by atoms with Crippen molar-refractivity contribution >= 4 is 29.4 Å². The Morgan fingerprint density at radius 1 is 1.29 bits per heavy atom. The molecule has 8 heteroatoms. The van der Waals surface area contributed by atoms with Crippen LogP contribution in [0.1, 0.15) is 32.3 Å². The molecule has 2 amide bonds. The Morgan fingerprint density at radius 3 is 2.57 bits per heavy atom. The first kappa shape index (κ1) is 19.9. The minimum absolute atomic E-state index is 0.0670. The van der Waals surface area contributed by atoms with Crippen LogP contribution in [0.25, 0.3) is 0 Å². The second-order valence-corrected chi connectivity index (χ2v) is 7.51. The summed E-state index contributed by atoms with van der Waals surface area (Å²) in [5.41, 5.74) is 1.87. The highest BCUT2D eigenvalue weighted by atomic mass is 16.6. The fourth-order valence-electron chi connectivity index (χ4n) is 3.49. The highest BCUT2D eigenvalue weighted by molar-refractivity contribution is 6.38. The lowest BCUT2D eigenvalue weighted by atomic mass is 10.0. The molecule has 1 aromatic rings. The summed E-state index contributed by atoms with van der Waals surface area (Å²) >= 11 is 0. The normalized spacial score (nSPS) is 21.8. The molecule has 0 bridgehead atoms. The molecule has 28 heavy (non-hydrogen) atoms. The monoisotopic (exact) mass is 387 g/mol. The first-order valence-electron chi connectivity index (χ1n) is 9.33. The predicted molar refractivity (Wildman–Crippen MR) is 103 cm³/mol. The van der Waals surface area contributed by atoms with Gasteiger partial charge in [-0.05, 0) is 31.4 Å². The van der Waals surface area contributed by atoms with E-state index in [0.29, 0.717) is 18.0 Å². The molecule has 0 aromatic heterocycles. The molecule has 3 rings (SSSR count). The molecule has 8 nitrogen and oxygen atoms in total. The van der Waals surface area contributed by atoms with Gasteiger partial charge in [-0.2, -0.15) is 5.10 Å². The first-order chi connectivity index (χ1) is 13.3. The van der Waals surface area contributed by atoms with Crippen LogP contribution < -0.4 is 5.01 Å². The number of hydrogen-bond acceptors (Lipinski definition) is 7. The van der Waals surface area contributed by atoms with Crippen LogP contribution in [-0.4, -0.2) is 54.4 Å². The van der Waals surface area contributed by atoms with E-state index < -0.39 is 24.0 Å². The summed E-state index contributed by atoms with van der Waals surface area (Å²) in [7, 11) is 1.27. The van der Waals surface area contributed by atoms with Gasteiger partial charge < -0.3 is 9.47 Å². The van der Waals surface area contributed by atoms with Gasteiger partial charge in [0.05, 0.1) is 18.8 Å². The van der Waals surface area contributed by atoms with E-state index in [0.717, 1.165) is 5.56 Å². The minimum Gasteiger partial charge on any atom is -0.464 e. The molecule has 0 N–H and O–H groups in total. The van der Waals surface area contributed by atoms with Crippen molar-refractivity contribution in [3.63, 3.8) is 0 Å². The second-order valence-electron chi connectivity index (χ2n) is 7.51. The summed E-state index contributed by atoms with van der Waals surface area (Å²) in [5, 5.41) is 5.81. The highest BCUT2D eigenvalue weighted by Crippen LogP contribution is 2.29. The molecular weight excluding hydrogens is 362 g/mol. The molecule has 0 aliphatic carbocycles. The van der Waals surface area contributed by atoms with E-state index >= 15 is 0 Å². The Hall–Kier alpha value is -2.90. The number of rotatable bonds is 5. The summed E-state index contributed by atoms with van der Waals surface area (Å²) in [6.45, 7) is 6.19. The number of anilines is 1. The molecule has 2 atom stereocenters. The molecule has 0 spiro atoms. The van der Waals surface area contributed by atoms with E-state index in [4.69, 9.17) is 9.47 Å². The van der Waals surface area contributed by atoms with Crippen LogP contribution in [0.5, 0.6) is 0 Å². The molecule has 0 saturated carbocycles. The van der Waals surface area contributed by atoms with Crippen molar-refractivity contribution < 1.29 is 23.9 Å². The summed E-state index contributed by atoms with van der Waals surface area (Å²) in [6, 6.07) is 6.32. The van der Waals surface area contributed by atoms with Gasteiger partial charge in [0.2, 0.25) is 0 Å². The molecule has 0 radical (unpaired) electrons. The average Bonchev–Trinajstić information content (AvgIpc) is 3.25. The number of aryl methyl sites for hydroxylation is 1. The van der Waals surface area contributed by atoms with Crippen molar-refractivity contribution in [3.05, 3.63) is 29.8 Å². The maximum Gasteiger partial charge on any atom is 0.417 e. The number of ether oxygens (including phenoxy) is 2. The molecule has 2 aliphatic heterocycles. The van der Waals surface area contributed by atoms with E-state index in [1.165, 1.54) is 17.0 Å². The lowest BCUT2D eigenvalue weighted by molar-refractivity contribution is -0.132. The molecule has 1 aromatic carbocycles. The SMILES string of the molecule is COC(=O)C1=NN(c2ccc(C)cc2)[C@H](C(=O)N2C(=O)OC[C@@H]2CC(C)C)C1. The van der Waals surface area contributed by atoms with Gasteiger partial charge in [-0.3, -0.25) is 9.80 Å². The lowest BCUT2D eigenvalue weighted by Gasteiger charge is -2.28. The largest absolute Gasteiger partial charge is 0.464 e. The van der Waals surface area contributed by atoms with Gasteiger partial charge >= 0.3 is 12.1 Å². The van der Waals surface area contributed by atoms with E-state index in [-0.39, 0.29) is 24.8 Å². The number of carbonyl (C=O) groups is 3. The van der Waals surface area contributed by atoms with Gasteiger partial charge in [-0.25, -0.2) is 14.5 Å². The number of hydrogen-bond donors (Lipinski definition) is 0. The van der Waals surface area contributed by atoms with Crippen LogP contribution in [0, 0.1) is 12.8 Å². The maximum absolute atomic E-state index is 13.3. The van der Waals surface area contributed by atoms with Crippen LogP contribution in [0.15, 0.2) is 29.4 Å². The maximum atomic E-state index is 13.3. The van der Waals surface area contributed by atoms with E-state index in [2.05, 4.69) is 5.10 Å². The van der Waals surface area contributed by atoms with Crippen LogP contribution in [-0.2, 0) is 19.1 Å². The molecule has 150 valence electrons.